The first-order valence-corrected chi connectivity index (χ1v) is 5.84. The highest BCUT2D eigenvalue weighted by molar-refractivity contribution is 4.72. The predicted molar refractivity (Wildman–Crippen MR) is 64.4 cm³/mol. The minimum atomic E-state index is 0.295. The van der Waals surface area contributed by atoms with Gasteiger partial charge in [0.25, 0.3) is 0 Å². The Bertz CT molecular complexity index is 141. The minimum Gasteiger partial charge on any atom is -0.328 e. The van der Waals surface area contributed by atoms with E-state index in [1.54, 1.807) is 0 Å². The number of rotatable bonds is 6. The largest absolute Gasteiger partial charge is 0.328 e. The maximum absolute atomic E-state index is 5.89. The third-order valence-electron chi connectivity index (χ3n) is 2.75. The Hall–Kier alpha value is -0.0800. The fraction of sp³-hybridized carbons (Fsp3) is 1.00. The SMILES string of the molecule is CC(C)CN(CC(C)C(C)N)C(C)C. The third-order valence-corrected chi connectivity index (χ3v) is 2.75. The average molecular weight is 200 g/mol. The quantitative estimate of drug-likeness (QED) is 0.713. The van der Waals surface area contributed by atoms with E-state index in [1.165, 1.54) is 6.54 Å². The lowest BCUT2D eigenvalue weighted by Crippen LogP contribution is -2.41. The molecule has 2 N–H and O–H groups in total. The summed E-state index contributed by atoms with van der Waals surface area (Å²) in [7, 11) is 0. The molecule has 2 heteroatoms. The van der Waals surface area contributed by atoms with Crippen molar-refractivity contribution in [3.63, 3.8) is 0 Å². The van der Waals surface area contributed by atoms with Gasteiger partial charge in [0.15, 0.2) is 0 Å². The fourth-order valence-electron chi connectivity index (χ4n) is 1.50. The monoisotopic (exact) mass is 200 g/mol. The summed E-state index contributed by atoms with van der Waals surface area (Å²) in [5.41, 5.74) is 5.89. The highest BCUT2D eigenvalue weighted by Gasteiger charge is 2.16. The van der Waals surface area contributed by atoms with Gasteiger partial charge in [0.2, 0.25) is 0 Å². The summed E-state index contributed by atoms with van der Waals surface area (Å²) in [4.78, 5) is 2.53. The maximum atomic E-state index is 5.89. The van der Waals surface area contributed by atoms with E-state index < -0.39 is 0 Å². The van der Waals surface area contributed by atoms with Crippen molar-refractivity contribution in [2.45, 2.75) is 53.6 Å². The van der Waals surface area contributed by atoms with Crippen molar-refractivity contribution in [3.05, 3.63) is 0 Å². The van der Waals surface area contributed by atoms with Crippen LogP contribution in [0.5, 0.6) is 0 Å². The molecule has 0 aromatic heterocycles. The molecule has 14 heavy (non-hydrogen) atoms. The highest BCUT2D eigenvalue weighted by atomic mass is 15.1. The minimum absolute atomic E-state index is 0.295. The average Bonchev–Trinajstić information content (AvgIpc) is 2.01. The molecule has 0 amide bonds. The summed E-state index contributed by atoms with van der Waals surface area (Å²) in [5, 5.41) is 0. The van der Waals surface area contributed by atoms with Crippen LogP contribution in [0.3, 0.4) is 0 Å². The van der Waals surface area contributed by atoms with Crippen LogP contribution in [0, 0.1) is 11.8 Å². The first-order valence-electron chi connectivity index (χ1n) is 5.84. The first kappa shape index (κ1) is 13.9. The van der Waals surface area contributed by atoms with E-state index in [4.69, 9.17) is 5.73 Å². The van der Waals surface area contributed by atoms with Gasteiger partial charge in [-0.15, -0.1) is 0 Å². The van der Waals surface area contributed by atoms with Crippen molar-refractivity contribution in [2.75, 3.05) is 13.1 Å². The molecule has 0 aliphatic carbocycles. The summed E-state index contributed by atoms with van der Waals surface area (Å²) in [6.45, 7) is 15.7. The number of nitrogens with zero attached hydrogens (tertiary/aromatic N) is 1. The molecule has 0 saturated carbocycles. The molecule has 0 bridgehead atoms. The van der Waals surface area contributed by atoms with Gasteiger partial charge in [0.05, 0.1) is 0 Å². The molecule has 0 radical (unpaired) electrons. The van der Waals surface area contributed by atoms with E-state index in [0.29, 0.717) is 18.0 Å². The zero-order valence-electron chi connectivity index (χ0n) is 10.7. The summed E-state index contributed by atoms with van der Waals surface area (Å²) < 4.78 is 0. The summed E-state index contributed by atoms with van der Waals surface area (Å²) in [6.07, 6.45) is 0. The topological polar surface area (TPSA) is 29.3 Å². The van der Waals surface area contributed by atoms with Gasteiger partial charge in [0.1, 0.15) is 0 Å². The Morgan fingerprint density at radius 3 is 1.71 bits per heavy atom. The molecule has 2 atom stereocenters. The standard InChI is InChI=1S/C12H28N2/c1-9(2)7-14(10(3)4)8-11(5)12(6)13/h9-12H,7-8,13H2,1-6H3. The van der Waals surface area contributed by atoms with Gasteiger partial charge in [0, 0.05) is 25.2 Å². The second-order valence-corrected chi connectivity index (χ2v) is 5.28. The molecular formula is C12H28N2. The number of nitrogens with two attached hydrogens (primary N) is 1. The predicted octanol–water partition coefficient (Wildman–Crippen LogP) is 2.34. The lowest BCUT2D eigenvalue weighted by molar-refractivity contribution is 0.165. The Morgan fingerprint density at radius 2 is 1.43 bits per heavy atom. The van der Waals surface area contributed by atoms with E-state index in [0.717, 1.165) is 12.5 Å². The van der Waals surface area contributed by atoms with Crippen LogP contribution in [-0.2, 0) is 0 Å². The lowest BCUT2D eigenvalue weighted by atomic mass is 10.0. The van der Waals surface area contributed by atoms with Crippen LogP contribution >= 0.6 is 0 Å². The molecule has 0 fully saturated rings. The van der Waals surface area contributed by atoms with Gasteiger partial charge in [-0.1, -0.05) is 20.8 Å². The number of hydrogen-bond acceptors (Lipinski definition) is 2. The van der Waals surface area contributed by atoms with Crippen molar-refractivity contribution in [1.29, 1.82) is 0 Å². The molecular weight excluding hydrogens is 172 g/mol. The highest BCUT2D eigenvalue weighted by Crippen LogP contribution is 2.09. The zero-order chi connectivity index (χ0) is 11.3. The van der Waals surface area contributed by atoms with Gasteiger partial charge in [-0.2, -0.15) is 0 Å². The Labute approximate surface area is 89.9 Å². The molecule has 2 unspecified atom stereocenters. The normalized spacial score (nSPS) is 16.7. The molecule has 0 heterocycles. The summed E-state index contributed by atoms with van der Waals surface area (Å²) >= 11 is 0. The summed E-state index contributed by atoms with van der Waals surface area (Å²) in [5.74, 6) is 1.31. The van der Waals surface area contributed by atoms with Crippen molar-refractivity contribution in [1.82, 2.24) is 4.90 Å². The fourth-order valence-corrected chi connectivity index (χ4v) is 1.50. The van der Waals surface area contributed by atoms with E-state index >= 15 is 0 Å². The van der Waals surface area contributed by atoms with Crippen LogP contribution in [0.15, 0.2) is 0 Å². The Kier molecular flexibility index (Phi) is 6.38. The van der Waals surface area contributed by atoms with Crippen LogP contribution in [0.1, 0.15) is 41.5 Å². The number of hydrogen-bond donors (Lipinski definition) is 1. The Morgan fingerprint density at radius 1 is 0.929 bits per heavy atom. The third kappa shape index (κ3) is 5.61. The smallest absolute Gasteiger partial charge is 0.00483 e. The van der Waals surface area contributed by atoms with Crippen LogP contribution in [0.2, 0.25) is 0 Å². The molecule has 2 nitrogen and oxygen atoms in total. The van der Waals surface area contributed by atoms with Crippen LogP contribution < -0.4 is 5.73 Å². The van der Waals surface area contributed by atoms with E-state index in [1.807, 2.05) is 0 Å². The van der Waals surface area contributed by atoms with Gasteiger partial charge in [-0.05, 0) is 32.6 Å². The second kappa shape index (κ2) is 6.41. The molecule has 0 aliphatic rings. The van der Waals surface area contributed by atoms with E-state index in [-0.39, 0.29) is 0 Å². The van der Waals surface area contributed by atoms with Crippen molar-refractivity contribution in [2.24, 2.45) is 17.6 Å². The van der Waals surface area contributed by atoms with Crippen LogP contribution in [0.25, 0.3) is 0 Å². The zero-order valence-corrected chi connectivity index (χ0v) is 10.7. The van der Waals surface area contributed by atoms with E-state index in [9.17, 15) is 0 Å². The lowest BCUT2D eigenvalue weighted by Gasteiger charge is -2.32. The Balaban J connectivity index is 4.09. The van der Waals surface area contributed by atoms with Gasteiger partial charge >= 0.3 is 0 Å². The van der Waals surface area contributed by atoms with Gasteiger partial charge in [-0.25, -0.2) is 0 Å². The van der Waals surface area contributed by atoms with Crippen molar-refractivity contribution in [3.8, 4) is 0 Å². The van der Waals surface area contributed by atoms with Crippen LogP contribution in [-0.4, -0.2) is 30.1 Å². The molecule has 0 spiro atoms. The van der Waals surface area contributed by atoms with Crippen molar-refractivity contribution < 1.29 is 0 Å². The van der Waals surface area contributed by atoms with E-state index in [2.05, 4.69) is 46.4 Å². The molecule has 0 aromatic rings. The molecule has 0 saturated heterocycles. The molecule has 86 valence electrons. The maximum Gasteiger partial charge on any atom is 0.00483 e. The molecule has 0 aromatic carbocycles. The van der Waals surface area contributed by atoms with Crippen molar-refractivity contribution >= 4 is 0 Å². The first-order chi connectivity index (χ1) is 6.34. The van der Waals surface area contributed by atoms with Crippen LogP contribution in [0.4, 0.5) is 0 Å². The van der Waals surface area contributed by atoms with Gasteiger partial charge < -0.3 is 10.6 Å². The second-order valence-electron chi connectivity index (χ2n) is 5.28. The van der Waals surface area contributed by atoms with Gasteiger partial charge in [-0.3, -0.25) is 0 Å². The molecule has 0 rings (SSSR count). The summed E-state index contributed by atoms with van der Waals surface area (Å²) in [6, 6.07) is 0.919. The molecule has 0 aliphatic heterocycles.